The molecule has 0 fully saturated rings. The van der Waals surface area contributed by atoms with Crippen LogP contribution in [0.5, 0.6) is 0 Å². The molecule has 0 radical (unpaired) electrons. The van der Waals surface area contributed by atoms with E-state index >= 15 is 0 Å². The molecule has 3 rings (SSSR count). The molecule has 2 heterocycles. The first-order chi connectivity index (χ1) is 9.45. The van der Waals surface area contributed by atoms with Crippen LogP contribution in [0.2, 0.25) is 0 Å². The van der Waals surface area contributed by atoms with Crippen LogP contribution >= 0.6 is 0 Å². The first-order valence-electron chi connectivity index (χ1n) is 6.17. The highest BCUT2D eigenvalue weighted by Crippen LogP contribution is 2.36. The van der Waals surface area contributed by atoms with E-state index in [2.05, 4.69) is 10.4 Å². The summed E-state index contributed by atoms with van der Waals surface area (Å²) in [5, 5.41) is 15.8. The van der Waals surface area contributed by atoms with E-state index in [-0.39, 0.29) is 11.6 Å². The average Bonchev–Trinajstić information content (AvgIpc) is 2.90. The summed E-state index contributed by atoms with van der Waals surface area (Å²) in [7, 11) is 1.69. The first kappa shape index (κ1) is 12.4. The van der Waals surface area contributed by atoms with E-state index in [1.807, 2.05) is 19.1 Å². The number of carboxylic acids is 1. The maximum absolute atomic E-state index is 11.6. The lowest BCUT2D eigenvalue weighted by atomic mass is 10.0. The Kier molecular flexibility index (Phi) is 2.60. The summed E-state index contributed by atoms with van der Waals surface area (Å²) in [5.74, 6) is -1.12. The maximum atomic E-state index is 11.6. The fourth-order valence-corrected chi connectivity index (χ4v) is 2.53. The Bertz CT molecular complexity index is 746. The number of fused-ring (bicyclic) bond motifs is 1. The number of nitrogens with one attached hydrogen (secondary N) is 1. The SMILES string of the molecule is Cc1cc2c(c(-c3cc(C(=O)O)nn3C)c1)NC(=O)C2. The molecule has 102 valence electrons. The number of rotatable bonds is 2. The van der Waals surface area contributed by atoms with Gasteiger partial charge in [-0.15, -0.1) is 0 Å². The van der Waals surface area contributed by atoms with Crippen LogP contribution < -0.4 is 5.32 Å². The number of carboxylic acid groups (broad SMARTS) is 1. The molecule has 1 aliphatic heterocycles. The molecule has 1 aliphatic rings. The van der Waals surface area contributed by atoms with E-state index in [0.29, 0.717) is 12.1 Å². The van der Waals surface area contributed by atoms with E-state index in [9.17, 15) is 9.59 Å². The topological polar surface area (TPSA) is 84.2 Å². The summed E-state index contributed by atoms with van der Waals surface area (Å²) in [6.45, 7) is 1.95. The largest absolute Gasteiger partial charge is 0.476 e. The van der Waals surface area contributed by atoms with Crippen molar-refractivity contribution in [3.63, 3.8) is 0 Å². The van der Waals surface area contributed by atoms with Crippen molar-refractivity contribution in [1.82, 2.24) is 9.78 Å². The van der Waals surface area contributed by atoms with Gasteiger partial charge in [0.1, 0.15) is 0 Å². The van der Waals surface area contributed by atoms with Crippen molar-refractivity contribution in [1.29, 1.82) is 0 Å². The fraction of sp³-hybridized carbons (Fsp3) is 0.214. The van der Waals surface area contributed by atoms with Gasteiger partial charge in [-0.25, -0.2) is 4.79 Å². The smallest absolute Gasteiger partial charge is 0.356 e. The van der Waals surface area contributed by atoms with Gasteiger partial charge in [-0.05, 0) is 24.6 Å². The number of carbonyl (C=O) groups excluding carboxylic acids is 1. The molecule has 0 aliphatic carbocycles. The molecule has 0 atom stereocenters. The molecule has 0 saturated carbocycles. The molecule has 0 unspecified atom stereocenters. The minimum Gasteiger partial charge on any atom is -0.476 e. The molecule has 0 saturated heterocycles. The van der Waals surface area contributed by atoms with Crippen LogP contribution in [0.15, 0.2) is 18.2 Å². The Morgan fingerprint density at radius 2 is 2.15 bits per heavy atom. The molecule has 6 nitrogen and oxygen atoms in total. The van der Waals surface area contributed by atoms with Crippen molar-refractivity contribution < 1.29 is 14.7 Å². The van der Waals surface area contributed by atoms with E-state index in [0.717, 1.165) is 22.4 Å². The molecule has 0 bridgehead atoms. The third kappa shape index (κ3) is 1.85. The standard InChI is InChI=1S/C14H13N3O3/c1-7-3-8-5-12(18)15-13(8)9(4-7)11-6-10(14(19)20)16-17(11)2/h3-4,6H,5H2,1-2H3,(H,15,18)(H,19,20). The van der Waals surface area contributed by atoms with Gasteiger partial charge in [-0.1, -0.05) is 11.6 Å². The highest BCUT2D eigenvalue weighted by Gasteiger charge is 2.24. The van der Waals surface area contributed by atoms with E-state index in [4.69, 9.17) is 5.11 Å². The normalized spacial score (nSPS) is 13.2. The molecule has 20 heavy (non-hydrogen) atoms. The second kappa shape index (κ2) is 4.19. The fourth-order valence-electron chi connectivity index (χ4n) is 2.53. The van der Waals surface area contributed by atoms with Gasteiger partial charge in [0.25, 0.3) is 0 Å². The number of nitrogens with zero attached hydrogens (tertiary/aromatic N) is 2. The van der Waals surface area contributed by atoms with Gasteiger partial charge in [0, 0.05) is 12.6 Å². The molecule has 1 amide bonds. The number of anilines is 1. The van der Waals surface area contributed by atoms with Crippen LogP contribution in [-0.2, 0) is 18.3 Å². The number of amides is 1. The Hall–Kier alpha value is -2.63. The van der Waals surface area contributed by atoms with Crippen LogP contribution in [0.3, 0.4) is 0 Å². The Labute approximate surface area is 115 Å². The Balaban J connectivity index is 2.21. The van der Waals surface area contributed by atoms with Crippen LogP contribution in [0.4, 0.5) is 5.69 Å². The molecular formula is C14H13N3O3. The maximum Gasteiger partial charge on any atom is 0.356 e. The van der Waals surface area contributed by atoms with Crippen LogP contribution in [0, 0.1) is 6.92 Å². The monoisotopic (exact) mass is 271 g/mol. The molecule has 6 heteroatoms. The summed E-state index contributed by atoms with van der Waals surface area (Å²) in [6.07, 6.45) is 0.355. The summed E-state index contributed by atoms with van der Waals surface area (Å²) in [5.41, 5.74) is 4.16. The Morgan fingerprint density at radius 1 is 1.40 bits per heavy atom. The van der Waals surface area contributed by atoms with Gasteiger partial charge in [-0.2, -0.15) is 5.10 Å². The molecule has 2 N–H and O–H groups in total. The van der Waals surface area contributed by atoms with Crippen molar-refractivity contribution in [2.45, 2.75) is 13.3 Å². The third-order valence-corrected chi connectivity index (χ3v) is 3.35. The number of aryl methyl sites for hydroxylation is 2. The molecule has 0 spiro atoms. The summed E-state index contributed by atoms with van der Waals surface area (Å²) in [6, 6.07) is 5.40. The number of hydrogen-bond acceptors (Lipinski definition) is 3. The zero-order valence-corrected chi connectivity index (χ0v) is 11.1. The summed E-state index contributed by atoms with van der Waals surface area (Å²) >= 11 is 0. The van der Waals surface area contributed by atoms with E-state index in [1.165, 1.54) is 10.7 Å². The van der Waals surface area contributed by atoms with Gasteiger partial charge < -0.3 is 10.4 Å². The first-order valence-corrected chi connectivity index (χ1v) is 6.17. The summed E-state index contributed by atoms with van der Waals surface area (Å²) in [4.78, 5) is 22.6. The van der Waals surface area contributed by atoms with Crippen molar-refractivity contribution in [3.8, 4) is 11.3 Å². The highest BCUT2D eigenvalue weighted by molar-refractivity contribution is 6.04. The number of hydrogen-bond donors (Lipinski definition) is 2. The minimum atomic E-state index is -1.07. The highest BCUT2D eigenvalue weighted by atomic mass is 16.4. The lowest BCUT2D eigenvalue weighted by molar-refractivity contribution is -0.115. The van der Waals surface area contributed by atoms with Crippen molar-refractivity contribution in [3.05, 3.63) is 35.0 Å². The number of carbonyl (C=O) groups is 2. The number of aromatic nitrogens is 2. The number of aromatic carboxylic acids is 1. The Morgan fingerprint density at radius 3 is 2.80 bits per heavy atom. The molecule has 1 aromatic heterocycles. The van der Waals surface area contributed by atoms with Crippen molar-refractivity contribution in [2.75, 3.05) is 5.32 Å². The minimum absolute atomic E-state index is 0.0120. The van der Waals surface area contributed by atoms with Crippen molar-refractivity contribution in [2.24, 2.45) is 7.05 Å². The van der Waals surface area contributed by atoms with Gasteiger partial charge in [-0.3, -0.25) is 9.48 Å². The quantitative estimate of drug-likeness (QED) is 0.868. The van der Waals surface area contributed by atoms with E-state index < -0.39 is 5.97 Å². The summed E-state index contributed by atoms with van der Waals surface area (Å²) < 4.78 is 1.52. The van der Waals surface area contributed by atoms with Gasteiger partial charge in [0.2, 0.25) is 5.91 Å². The predicted octanol–water partition coefficient (Wildman–Crippen LogP) is 1.59. The van der Waals surface area contributed by atoms with Gasteiger partial charge in [0.05, 0.1) is 17.8 Å². The second-order valence-corrected chi connectivity index (χ2v) is 4.92. The zero-order chi connectivity index (χ0) is 14.4. The van der Waals surface area contributed by atoms with Crippen LogP contribution in [-0.4, -0.2) is 26.8 Å². The van der Waals surface area contributed by atoms with Crippen molar-refractivity contribution >= 4 is 17.6 Å². The van der Waals surface area contributed by atoms with Gasteiger partial charge >= 0.3 is 5.97 Å². The number of benzene rings is 1. The molecular weight excluding hydrogens is 258 g/mol. The average molecular weight is 271 g/mol. The van der Waals surface area contributed by atoms with Crippen LogP contribution in [0.1, 0.15) is 21.6 Å². The zero-order valence-electron chi connectivity index (χ0n) is 11.1. The second-order valence-electron chi connectivity index (χ2n) is 4.92. The molecule has 1 aromatic carbocycles. The van der Waals surface area contributed by atoms with E-state index in [1.54, 1.807) is 7.05 Å². The molecule has 2 aromatic rings. The van der Waals surface area contributed by atoms with Crippen LogP contribution in [0.25, 0.3) is 11.3 Å². The lowest BCUT2D eigenvalue weighted by Gasteiger charge is -2.10. The van der Waals surface area contributed by atoms with Gasteiger partial charge in [0.15, 0.2) is 5.69 Å². The third-order valence-electron chi connectivity index (χ3n) is 3.35. The predicted molar refractivity (Wildman–Crippen MR) is 72.7 cm³/mol. The lowest BCUT2D eigenvalue weighted by Crippen LogP contribution is -2.05.